The molecule has 9 heteroatoms. The van der Waals surface area contributed by atoms with Crippen molar-refractivity contribution in [2.75, 3.05) is 0 Å². The number of rotatable bonds is 4. The van der Waals surface area contributed by atoms with Gasteiger partial charge >= 0.3 is 0 Å². The molecule has 1 N–H and O–H groups in total. The molecule has 0 saturated carbocycles. The number of halogens is 2. The highest BCUT2D eigenvalue weighted by molar-refractivity contribution is 6.50. The van der Waals surface area contributed by atoms with Crippen molar-refractivity contribution in [1.29, 1.82) is 0 Å². The number of furan rings is 1. The molecule has 0 radical (unpaired) electrons. The minimum atomic E-state index is -0.477. The lowest BCUT2D eigenvalue weighted by Crippen LogP contribution is -2.10. The van der Waals surface area contributed by atoms with Crippen molar-refractivity contribution < 1.29 is 9.34 Å². The molecule has 2 heterocycles. The molecule has 29 heavy (non-hydrogen) atoms. The van der Waals surface area contributed by atoms with E-state index in [2.05, 4.69) is 9.97 Å². The molecule has 0 atom stereocenters. The number of nitrogens with one attached hydrogen (secondary N) is 1. The fraction of sp³-hybridized carbons (Fsp3) is 0. The zero-order chi connectivity index (χ0) is 20.5. The molecule has 2 aromatic carbocycles. The average Bonchev–Trinajstić information content (AvgIpc) is 3.15. The molecule has 4 rings (SSSR count). The standard InChI is InChI=1S/C20H11Cl2N3O4/c21-11-5-7-13-16(9-11)23-19(24-20(13)26)15(22)10-12-6-8-18(29-12)14-3-1-2-4-17(14)25(27)28/h1-10H,(H,23,24,26)/b15-10-. The lowest BCUT2D eigenvalue weighted by molar-refractivity contribution is -0.384. The Morgan fingerprint density at radius 3 is 2.76 bits per heavy atom. The topological polar surface area (TPSA) is 102 Å². The molecule has 0 aliphatic carbocycles. The Labute approximate surface area is 173 Å². The van der Waals surface area contributed by atoms with Crippen LogP contribution < -0.4 is 5.56 Å². The van der Waals surface area contributed by atoms with Gasteiger partial charge in [0, 0.05) is 17.2 Å². The second-order valence-corrected chi connectivity index (χ2v) is 6.89. The van der Waals surface area contributed by atoms with Crippen LogP contribution in [-0.2, 0) is 0 Å². The lowest BCUT2D eigenvalue weighted by Gasteiger charge is -2.02. The first-order chi connectivity index (χ1) is 13.9. The van der Waals surface area contributed by atoms with Gasteiger partial charge in [-0.3, -0.25) is 14.9 Å². The van der Waals surface area contributed by atoms with E-state index >= 15 is 0 Å². The van der Waals surface area contributed by atoms with Crippen LogP contribution in [0.3, 0.4) is 0 Å². The molecule has 0 bridgehead atoms. The highest BCUT2D eigenvalue weighted by Crippen LogP contribution is 2.32. The first-order valence-electron chi connectivity index (χ1n) is 8.33. The molecular formula is C20H11Cl2N3O4. The van der Waals surface area contributed by atoms with E-state index in [9.17, 15) is 14.9 Å². The van der Waals surface area contributed by atoms with Crippen LogP contribution in [0.5, 0.6) is 0 Å². The van der Waals surface area contributed by atoms with Crippen LogP contribution >= 0.6 is 23.2 Å². The molecule has 0 saturated heterocycles. The first-order valence-corrected chi connectivity index (χ1v) is 9.09. The average molecular weight is 428 g/mol. The summed E-state index contributed by atoms with van der Waals surface area (Å²) in [6.07, 6.45) is 1.47. The zero-order valence-electron chi connectivity index (χ0n) is 14.6. The van der Waals surface area contributed by atoms with Crippen molar-refractivity contribution in [1.82, 2.24) is 9.97 Å². The zero-order valence-corrected chi connectivity index (χ0v) is 16.1. The smallest absolute Gasteiger partial charge is 0.280 e. The van der Waals surface area contributed by atoms with Crippen LogP contribution in [0.25, 0.3) is 33.3 Å². The van der Waals surface area contributed by atoms with E-state index in [1.54, 1.807) is 48.5 Å². The van der Waals surface area contributed by atoms with Crippen molar-refractivity contribution >= 4 is 50.9 Å². The van der Waals surface area contributed by atoms with Crippen molar-refractivity contribution in [2.24, 2.45) is 0 Å². The second kappa shape index (κ2) is 7.54. The van der Waals surface area contributed by atoms with E-state index in [1.165, 1.54) is 12.1 Å². The first kappa shape index (κ1) is 18.9. The lowest BCUT2D eigenvalue weighted by atomic mass is 10.1. The molecule has 7 nitrogen and oxygen atoms in total. The molecule has 0 spiro atoms. The summed E-state index contributed by atoms with van der Waals surface area (Å²) in [5, 5.41) is 12.2. The third-order valence-electron chi connectivity index (χ3n) is 4.16. The Balaban J connectivity index is 1.72. The molecule has 0 aliphatic rings. The van der Waals surface area contributed by atoms with Gasteiger partial charge in [-0.25, -0.2) is 4.98 Å². The monoisotopic (exact) mass is 427 g/mol. The predicted molar refractivity (Wildman–Crippen MR) is 112 cm³/mol. The molecule has 0 amide bonds. The Morgan fingerprint density at radius 1 is 1.17 bits per heavy atom. The van der Waals surface area contributed by atoms with E-state index in [0.29, 0.717) is 33.0 Å². The Hall–Kier alpha value is -3.42. The largest absolute Gasteiger partial charge is 0.456 e. The van der Waals surface area contributed by atoms with Gasteiger partial charge in [0.15, 0.2) is 5.82 Å². The highest BCUT2D eigenvalue weighted by Gasteiger charge is 2.17. The van der Waals surface area contributed by atoms with Crippen LogP contribution in [0.4, 0.5) is 5.69 Å². The third kappa shape index (κ3) is 3.78. The maximum Gasteiger partial charge on any atom is 0.280 e. The number of hydrogen-bond acceptors (Lipinski definition) is 5. The number of benzene rings is 2. The van der Waals surface area contributed by atoms with Gasteiger partial charge < -0.3 is 9.40 Å². The van der Waals surface area contributed by atoms with E-state index < -0.39 is 4.92 Å². The number of aromatic nitrogens is 2. The van der Waals surface area contributed by atoms with Crippen LogP contribution in [0.1, 0.15) is 11.6 Å². The van der Waals surface area contributed by atoms with Gasteiger partial charge in [-0.2, -0.15) is 0 Å². The van der Waals surface area contributed by atoms with Gasteiger partial charge in [-0.15, -0.1) is 0 Å². The van der Waals surface area contributed by atoms with Gasteiger partial charge in [0.25, 0.3) is 11.2 Å². The van der Waals surface area contributed by atoms with Crippen LogP contribution in [0, 0.1) is 10.1 Å². The van der Waals surface area contributed by atoms with E-state index in [1.807, 2.05) is 0 Å². The summed E-state index contributed by atoms with van der Waals surface area (Å²) in [5.41, 5.74) is 0.331. The fourth-order valence-electron chi connectivity index (χ4n) is 2.84. The normalized spacial score (nSPS) is 11.7. The molecule has 0 fully saturated rings. The van der Waals surface area contributed by atoms with Gasteiger partial charge in [0.2, 0.25) is 0 Å². The number of H-pyrrole nitrogens is 1. The molecule has 0 unspecified atom stereocenters. The van der Waals surface area contributed by atoms with Crippen molar-refractivity contribution in [3.05, 3.63) is 91.7 Å². The summed E-state index contributed by atoms with van der Waals surface area (Å²) in [6, 6.07) is 14.2. The van der Waals surface area contributed by atoms with Gasteiger partial charge in [-0.1, -0.05) is 35.3 Å². The number of para-hydroxylation sites is 1. The van der Waals surface area contributed by atoms with Crippen LogP contribution in [-0.4, -0.2) is 14.9 Å². The summed E-state index contributed by atoms with van der Waals surface area (Å²) in [5.74, 6) is 0.812. The maximum absolute atomic E-state index is 12.2. The summed E-state index contributed by atoms with van der Waals surface area (Å²) in [7, 11) is 0. The van der Waals surface area contributed by atoms with Gasteiger partial charge in [-0.05, 0) is 36.4 Å². The number of fused-ring (bicyclic) bond motifs is 1. The Bertz CT molecular complexity index is 1340. The Kier molecular flexibility index (Phi) is 4.92. The molecular weight excluding hydrogens is 417 g/mol. The SMILES string of the molecule is O=c1[nH]c(/C(Cl)=C/c2ccc(-c3ccccc3[N+](=O)[O-])o2)nc2cc(Cl)ccc12. The number of nitrogens with zero attached hydrogens (tertiary/aromatic N) is 2. The van der Waals surface area contributed by atoms with E-state index in [0.717, 1.165) is 0 Å². The number of hydrogen-bond donors (Lipinski definition) is 1. The summed E-state index contributed by atoms with van der Waals surface area (Å²) < 4.78 is 5.68. The maximum atomic E-state index is 12.2. The minimum absolute atomic E-state index is 0.0686. The Morgan fingerprint density at radius 2 is 1.97 bits per heavy atom. The fourth-order valence-corrected chi connectivity index (χ4v) is 3.20. The van der Waals surface area contributed by atoms with Crippen LogP contribution in [0.15, 0.2) is 63.8 Å². The number of nitro groups is 1. The van der Waals surface area contributed by atoms with Crippen molar-refractivity contribution in [2.45, 2.75) is 0 Å². The van der Waals surface area contributed by atoms with Crippen molar-refractivity contribution in [3.8, 4) is 11.3 Å². The van der Waals surface area contributed by atoms with Gasteiger partial charge in [0.05, 0.1) is 26.4 Å². The van der Waals surface area contributed by atoms with Crippen molar-refractivity contribution in [3.63, 3.8) is 0 Å². The second-order valence-electron chi connectivity index (χ2n) is 6.04. The van der Waals surface area contributed by atoms with E-state index in [4.69, 9.17) is 27.6 Å². The number of nitro benzene ring substituents is 1. The predicted octanol–water partition coefficient (Wildman–Crippen LogP) is 5.48. The summed E-state index contributed by atoms with van der Waals surface area (Å²) in [4.78, 5) is 29.9. The summed E-state index contributed by atoms with van der Waals surface area (Å²) >= 11 is 12.3. The highest BCUT2D eigenvalue weighted by atomic mass is 35.5. The molecule has 0 aliphatic heterocycles. The summed E-state index contributed by atoms with van der Waals surface area (Å²) in [6.45, 7) is 0. The molecule has 144 valence electrons. The van der Waals surface area contributed by atoms with Crippen LogP contribution in [0.2, 0.25) is 5.02 Å². The molecule has 2 aromatic heterocycles. The third-order valence-corrected chi connectivity index (χ3v) is 4.68. The quantitative estimate of drug-likeness (QED) is 0.343. The van der Waals surface area contributed by atoms with E-state index in [-0.39, 0.29) is 22.1 Å². The van der Waals surface area contributed by atoms with Gasteiger partial charge in [0.1, 0.15) is 11.5 Å². The molecule has 4 aromatic rings. The minimum Gasteiger partial charge on any atom is -0.456 e. The number of aromatic amines is 1.